The van der Waals surface area contributed by atoms with Crippen molar-refractivity contribution in [3.05, 3.63) is 76.9 Å². The zero-order valence-corrected chi connectivity index (χ0v) is 26.5. The van der Waals surface area contributed by atoms with Crippen molar-refractivity contribution in [1.82, 2.24) is 0 Å². The number of Topliss-reactive ketones (excluding diaryl/α,β-unsaturated/α-hetero) is 2. The Bertz CT molecular complexity index is 1420. The van der Waals surface area contributed by atoms with Crippen LogP contribution in [0.25, 0.3) is 0 Å². The van der Waals surface area contributed by atoms with E-state index in [0.29, 0.717) is 11.4 Å². The van der Waals surface area contributed by atoms with E-state index in [1.165, 1.54) is 81.4 Å². The third-order valence-electron chi connectivity index (χ3n) is 8.45. The largest absolute Gasteiger partial charge is 0.507 e. The number of ketones is 2. The highest BCUT2D eigenvalue weighted by Crippen LogP contribution is 2.41. The predicted molar refractivity (Wildman–Crippen MR) is 180 cm³/mol. The van der Waals surface area contributed by atoms with Gasteiger partial charge in [-0.2, -0.15) is 0 Å². The molecular weight excluding hydrogens is 548 g/mol. The molecule has 0 radical (unpaired) electrons. The number of phenolic OH excluding ortho intramolecular Hbond substituents is 2. The van der Waals surface area contributed by atoms with E-state index in [4.69, 9.17) is 0 Å². The van der Waals surface area contributed by atoms with Crippen LogP contribution in [0.15, 0.2) is 59.6 Å². The van der Waals surface area contributed by atoms with Crippen molar-refractivity contribution in [2.24, 2.45) is 4.99 Å². The maximum Gasteiger partial charge on any atom is 0.212 e. The lowest BCUT2D eigenvalue weighted by Crippen LogP contribution is -2.27. The first-order valence-corrected chi connectivity index (χ1v) is 16.6. The molecule has 0 aliphatic heterocycles. The Hall–Kier alpha value is -3.93. The summed E-state index contributed by atoms with van der Waals surface area (Å²) in [4.78, 5) is 31.0. The Labute approximate surface area is 262 Å². The fourth-order valence-electron chi connectivity index (χ4n) is 5.83. The summed E-state index contributed by atoms with van der Waals surface area (Å²) in [6, 6.07) is 17.0. The van der Waals surface area contributed by atoms with Crippen LogP contribution in [-0.4, -0.2) is 27.5 Å². The Morgan fingerprint density at radius 2 is 1.20 bits per heavy atom. The summed E-state index contributed by atoms with van der Waals surface area (Å²) in [5, 5.41) is 25.0. The SMILES string of the molecule is CCCCCCCCc1ccc(N=C2CC(=O)c3c(O)c(Nc4ccc(CCCCCCCC)cc4)cc(O)c3C2=O)cc1. The Balaban J connectivity index is 1.39. The number of hydrogen-bond donors (Lipinski definition) is 3. The first-order chi connectivity index (χ1) is 21.4. The average Bonchev–Trinajstić information content (AvgIpc) is 3.02. The summed E-state index contributed by atoms with van der Waals surface area (Å²) in [7, 11) is 0. The fourth-order valence-corrected chi connectivity index (χ4v) is 5.83. The number of aryl methyl sites for hydroxylation is 2. The van der Waals surface area contributed by atoms with E-state index in [-0.39, 0.29) is 40.4 Å². The molecule has 0 fully saturated rings. The van der Waals surface area contributed by atoms with E-state index in [1.54, 1.807) is 0 Å². The summed E-state index contributed by atoms with van der Waals surface area (Å²) >= 11 is 0. The molecule has 0 saturated heterocycles. The molecule has 6 heteroatoms. The van der Waals surface area contributed by atoms with Crippen LogP contribution in [0.1, 0.15) is 129 Å². The van der Waals surface area contributed by atoms with Gasteiger partial charge >= 0.3 is 0 Å². The summed E-state index contributed by atoms with van der Waals surface area (Å²) in [5.41, 5.74) is 3.62. The summed E-state index contributed by atoms with van der Waals surface area (Å²) in [6.07, 6.45) is 16.7. The first-order valence-electron chi connectivity index (χ1n) is 16.6. The number of anilines is 2. The van der Waals surface area contributed by atoms with E-state index in [0.717, 1.165) is 25.7 Å². The third kappa shape index (κ3) is 9.04. The second-order valence-electron chi connectivity index (χ2n) is 12.1. The minimum absolute atomic E-state index is 0.0579. The molecule has 0 heterocycles. The van der Waals surface area contributed by atoms with Crippen LogP contribution in [-0.2, 0) is 12.8 Å². The molecule has 0 atom stereocenters. The lowest BCUT2D eigenvalue weighted by atomic mass is 9.86. The second-order valence-corrected chi connectivity index (χ2v) is 12.1. The average molecular weight is 597 g/mol. The van der Waals surface area contributed by atoms with Crippen molar-refractivity contribution in [3.8, 4) is 11.5 Å². The number of rotatable bonds is 17. The fraction of sp³-hybridized carbons (Fsp3) is 0.447. The summed E-state index contributed by atoms with van der Waals surface area (Å²) < 4.78 is 0. The molecule has 6 nitrogen and oxygen atoms in total. The molecule has 0 amide bonds. The van der Waals surface area contributed by atoms with Gasteiger partial charge in [-0.25, -0.2) is 4.99 Å². The molecule has 44 heavy (non-hydrogen) atoms. The minimum atomic E-state index is -0.547. The predicted octanol–water partition coefficient (Wildman–Crippen LogP) is 10.2. The number of unbranched alkanes of at least 4 members (excludes halogenated alkanes) is 10. The normalized spacial score (nSPS) is 13.8. The third-order valence-corrected chi connectivity index (χ3v) is 8.45. The minimum Gasteiger partial charge on any atom is -0.507 e. The van der Waals surface area contributed by atoms with Gasteiger partial charge in [0.25, 0.3) is 0 Å². The molecule has 0 spiro atoms. The van der Waals surface area contributed by atoms with E-state index < -0.39 is 11.6 Å². The molecule has 1 aliphatic carbocycles. The summed E-state index contributed by atoms with van der Waals surface area (Å²) in [5.74, 6) is -1.71. The number of hydrogen-bond acceptors (Lipinski definition) is 6. The Morgan fingerprint density at radius 1 is 0.682 bits per heavy atom. The quantitative estimate of drug-likeness (QED) is 0.0818. The number of phenols is 2. The molecule has 0 unspecified atom stereocenters. The van der Waals surface area contributed by atoms with Crippen molar-refractivity contribution in [2.75, 3.05) is 5.32 Å². The molecule has 0 saturated carbocycles. The van der Waals surface area contributed by atoms with Crippen molar-refractivity contribution in [3.63, 3.8) is 0 Å². The molecule has 4 rings (SSSR count). The van der Waals surface area contributed by atoms with Gasteiger partial charge < -0.3 is 15.5 Å². The first kappa shape index (κ1) is 33.0. The van der Waals surface area contributed by atoms with E-state index in [2.05, 4.69) is 24.2 Å². The zero-order valence-electron chi connectivity index (χ0n) is 26.5. The van der Waals surface area contributed by atoms with Crippen molar-refractivity contribution in [1.29, 1.82) is 0 Å². The highest BCUT2D eigenvalue weighted by molar-refractivity contribution is 6.54. The number of nitrogens with zero attached hydrogens (tertiary/aromatic N) is 1. The van der Waals surface area contributed by atoms with Gasteiger partial charge in [-0.3, -0.25) is 9.59 Å². The van der Waals surface area contributed by atoms with E-state index in [9.17, 15) is 19.8 Å². The van der Waals surface area contributed by atoms with Gasteiger partial charge in [0.05, 0.1) is 34.6 Å². The van der Waals surface area contributed by atoms with Gasteiger partial charge in [-0.15, -0.1) is 0 Å². The second kappa shape index (κ2) is 16.8. The number of fused-ring (bicyclic) bond motifs is 1. The van der Waals surface area contributed by atoms with Crippen LogP contribution < -0.4 is 5.32 Å². The topological polar surface area (TPSA) is 99.0 Å². The number of aliphatic imine (C=N–C) groups is 1. The lowest BCUT2D eigenvalue weighted by molar-refractivity contribution is 0.0960. The highest BCUT2D eigenvalue weighted by Gasteiger charge is 2.35. The summed E-state index contributed by atoms with van der Waals surface area (Å²) in [6.45, 7) is 4.44. The molecule has 3 N–H and O–H groups in total. The monoisotopic (exact) mass is 596 g/mol. The van der Waals surface area contributed by atoms with Crippen molar-refractivity contribution in [2.45, 2.75) is 110 Å². The van der Waals surface area contributed by atoms with Crippen LogP contribution in [0.2, 0.25) is 0 Å². The van der Waals surface area contributed by atoms with Crippen LogP contribution in [0.4, 0.5) is 17.1 Å². The standard InChI is InChI=1S/C38H48N2O4/c1-3-5-7-9-11-13-15-27-17-21-29(22-18-27)39-31-25-33(41)36-35(37(31)43)34(42)26-32(38(36)44)40-30-23-19-28(20-24-30)16-14-12-10-8-6-4-2/h17-25,39,41,43H,3-16,26H2,1-2H3. The van der Waals surface area contributed by atoms with Crippen LogP contribution in [0.3, 0.4) is 0 Å². The van der Waals surface area contributed by atoms with E-state index in [1.807, 2.05) is 48.5 Å². The number of carbonyl (C=O) groups is 2. The Kier molecular flexibility index (Phi) is 12.6. The maximum atomic E-state index is 13.3. The molecule has 1 aliphatic rings. The van der Waals surface area contributed by atoms with Crippen LogP contribution in [0.5, 0.6) is 11.5 Å². The maximum absolute atomic E-state index is 13.3. The number of nitrogens with one attached hydrogen (secondary N) is 1. The zero-order chi connectivity index (χ0) is 31.3. The van der Waals surface area contributed by atoms with Gasteiger partial charge in [0.1, 0.15) is 5.75 Å². The van der Waals surface area contributed by atoms with Gasteiger partial charge in [-0.1, -0.05) is 102 Å². The van der Waals surface area contributed by atoms with Crippen LogP contribution in [0, 0.1) is 0 Å². The van der Waals surface area contributed by atoms with E-state index >= 15 is 0 Å². The molecule has 0 aromatic heterocycles. The highest BCUT2D eigenvalue weighted by atomic mass is 16.3. The van der Waals surface area contributed by atoms with Crippen molar-refractivity contribution >= 4 is 34.3 Å². The van der Waals surface area contributed by atoms with Crippen LogP contribution >= 0.6 is 0 Å². The molecular formula is C38H48N2O4. The van der Waals surface area contributed by atoms with Crippen molar-refractivity contribution < 1.29 is 19.8 Å². The van der Waals surface area contributed by atoms with Gasteiger partial charge in [0.15, 0.2) is 11.5 Å². The molecule has 3 aromatic rings. The smallest absolute Gasteiger partial charge is 0.212 e. The molecule has 3 aromatic carbocycles. The van der Waals surface area contributed by atoms with Gasteiger partial charge in [0.2, 0.25) is 5.78 Å². The number of benzene rings is 3. The number of carbonyl (C=O) groups excluding carboxylic acids is 2. The number of aromatic hydroxyl groups is 2. The Morgan fingerprint density at radius 3 is 1.77 bits per heavy atom. The van der Waals surface area contributed by atoms with Gasteiger partial charge in [-0.05, 0) is 61.1 Å². The molecule has 0 bridgehead atoms. The molecule has 234 valence electrons. The lowest BCUT2D eigenvalue weighted by Gasteiger charge is -2.20. The van der Waals surface area contributed by atoms with Gasteiger partial charge in [0, 0.05) is 11.8 Å².